The summed E-state index contributed by atoms with van der Waals surface area (Å²) in [5.41, 5.74) is 10.5. The van der Waals surface area contributed by atoms with Gasteiger partial charge in [0.15, 0.2) is 0 Å². The molecular formula is C9H14N4O. The summed E-state index contributed by atoms with van der Waals surface area (Å²) in [5.74, 6) is 0.0155. The molecule has 1 aromatic rings. The van der Waals surface area contributed by atoms with Gasteiger partial charge < -0.3 is 16.8 Å². The second-order valence-corrected chi connectivity index (χ2v) is 3.59. The fraction of sp³-hybridized carbons (Fsp3) is 0.333. The van der Waals surface area contributed by atoms with Crippen molar-refractivity contribution >= 4 is 17.4 Å². The van der Waals surface area contributed by atoms with Crippen LogP contribution in [0.25, 0.3) is 0 Å². The number of pyridine rings is 1. The topological polar surface area (TPSA) is 94.0 Å². The van der Waals surface area contributed by atoms with Crippen molar-refractivity contribution in [2.75, 3.05) is 11.1 Å². The largest absolute Gasteiger partial charge is 0.384 e. The quantitative estimate of drug-likeness (QED) is 0.646. The molecule has 0 saturated carbocycles. The number of nitrogens with two attached hydrogens (primary N) is 2. The normalized spacial score (nSPS) is 11.0. The molecule has 1 heterocycles. The summed E-state index contributed by atoms with van der Waals surface area (Å²) in [4.78, 5) is 14.9. The molecule has 76 valence electrons. The number of nitrogens with one attached hydrogen (secondary N) is 1. The highest BCUT2D eigenvalue weighted by Crippen LogP contribution is 2.14. The zero-order chi connectivity index (χ0) is 10.8. The number of nitrogen functional groups attached to an aromatic ring is 1. The van der Waals surface area contributed by atoms with Crippen LogP contribution in [0.4, 0.5) is 11.5 Å². The van der Waals surface area contributed by atoms with Crippen LogP contribution in [0, 0.1) is 0 Å². The molecule has 0 radical (unpaired) electrons. The molecule has 1 rings (SSSR count). The van der Waals surface area contributed by atoms with Crippen LogP contribution in [0.2, 0.25) is 0 Å². The van der Waals surface area contributed by atoms with Gasteiger partial charge in [-0.05, 0) is 26.0 Å². The molecular weight excluding hydrogens is 180 g/mol. The first-order chi connectivity index (χ1) is 6.42. The van der Waals surface area contributed by atoms with Gasteiger partial charge in [0.2, 0.25) is 5.91 Å². The number of primary amides is 1. The van der Waals surface area contributed by atoms with Gasteiger partial charge in [-0.25, -0.2) is 4.98 Å². The van der Waals surface area contributed by atoms with Crippen molar-refractivity contribution in [3.63, 3.8) is 0 Å². The molecule has 5 nitrogen and oxygen atoms in total. The monoisotopic (exact) mass is 194 g/mol. The van der Waals surface area contributed by atoms with E-state index in [1.807, 2.05) is 0 Å². The van der Waals surface area contributed by atoms with E-state index in [2.05, 4.69) is 10.3 Å². The highest BCUT2D eigenvalue weighted by Gasteiger charge is 2.24. The Labute approximate surface area is 82.5 Å². The van der Waals surface area contributed by atoms with Crippen molar-refractivity contribution in [2.45, 2.75) is 19.4 Å². The first-order valence-electron chi connectivity index (χ1n) is 4.21. The van der Waals surface area contributed by atoms with E-state index in [9.17, 15) is 4.79 Å². The lowest BCUT2D eigenvalue weighted by atomic mass is 10.1. The standard InChI is InChI=1S/C9H14N4O/c1-9(2,8(11)14)13-6-3-4-7(10)12-5-6/h3-5,13H,1-2H3,(H2,10,12)(H2,11,14). The average molecular weight is 194 g/mol. The molecule has 1 aromatic heterocycles. The summed E-state index contributed by atoms with van der Waals surface area (Å²) >= 11 is 0. The summed E-state index contributed by atoms with van der Waals surface area (Å²) in [7, 11) is 0. The molecule has 0 aromatic carbocycles. The summed E-state index contributed by atoms with van der Waals surface area (Å²) in [5, 5.41) is 2.95. The van der Waals surface area contributed by atoms with Crippen LogP contribution in [0.1, 0.15) is 13.8 Å². The van der Waals surface area contributed by atoms with Crippen molar-refractivity contribution in [2.24, 2.45) is 5.73 Å². The Morgan fingerprint density at radius 1 is 1.50 bits per heavy atom. The molecule has 0 saturated heterocycles. The highest BCUT2D eigenvalue weighted by atomic mass is 16.1. The van der Waals surface area contributed by atoms with Crippen molar-refractivity contribution < 1.29 is 4.79 Å². The van der Waals surface area contributed by atoms with Crippen molar-refractivity contribution in [1.82, 2.24) is 4.98 Å². The predicted molar refractivity (Wildman–Crippen MR) is 55.5 cm³/mol. The van der Waals surface area contributed by atoms with E-state index in [1.54, 1.807) is 32.2 Å². The average Bonchev–Trinajstić information content (AvgIpc) is 2.08. The van der Waals surface area contributed by atoms with E-state index in [4.69, 9.17) is 11.5 Å². The van der Waals surface area contributed by atoms with E-state index in [0.717, 1.165) is 0 Å². The highest BCUT2D eigenvalue weighted by molar-refractivity contribution is 5.86. The number of nitrogens with zero attached hydrogens (tertiary/aromatic N) is 1. The first kappa shape index (κ1) is 10.3. The Bertz CT molecular complexity index is 331. The van der Waals surface area contributed by atoms with Gasteiger partial charge >= 0.3 is 0 Å². The number of anilines is 2. The van der Waals surface area contributed by atoms with Crippen molar-refractivity contribution in [3.8, 4) is 0 Å². The van der Waals surface area contributed by atoms with E-state index in [1.165, 1.54) is 0 Å². The maximum absolute atomic E-state index is 11.0. The van der Waals surface area contributed by atoms with Gasteiger partial charge in [0.05, 0.1) is 11.9 Å². The Kier molecular flexibility index (Phi) is 2.60. The lowest BCUT2D eigenvalue weighted by molar-refractivity contribution is -0.121. The van der Waals surface area contributed by atoms with Crippen LogP contribution in [0.15, 0.2) is 18.3 Å². The number of aromatic nitrogens is 1. The minimum Gasteiger partial charge on any atom is -0.384 e. The Hall–Kier alpha value is -1.78. The second kappa shape index (κ2) is 3.53. The van der Waals surface area contributed by atoms with Gasteiger partial charge in [-0.1, -0.05) is 0 Å². The number of rotatable bonds is 3. The van der Waals surface area contributed by atoms with E-state index in [-0.39, 0.29) is 0 Å². The Morgan fingerprint density at radius 2 is 2.14 bits per heavy atom. The van der Waals surface area contributed by atoms with Gasteiger partial charge in [-0.2, -0.15) is 0 Å². The number of carbonyl (C=O) groups excluding carboxylic acids is 1. The molecule has 0 bridgehead atoms. The molecule has 0 unspecified atom stereocenters. The maximum atomic E-state index is 11.0. The molecule has 0 aliphatic heterocycles. The fourth-order valence-corrected chi connectivity index (χ4v) is 0.902. The van der Waals surface area contributed by atoms with Gasteiger partial charge in [-0.3, -0.25) is 4.79 Å². The predicted octanol–water partition coefficient (Wildman–Crippen LogP) is 0.340. The minimum absolute atomic E-state index is 0.422. The lowest BCUT2D eigenvalue weighted by Gasteiger charge is -2.23. The summed E-state index contributed by atoms with van der Waals surface area (Å²) in [6, 6.07) is 3.40. The molecule has 5 heteroatoms. The van der Waals surface area contributed by atoms with Crippen LogP contribution < -0.4 is 16.8 Å². The number of amides is 1. The van der Waals surface area contributed by atoms with E-state index < -0.39 is 11.4 Å². The Morgan fingerprint density at radius 3 is 2.57 bits per heavy atom. The third kappa shape index (κ3) is 2.35. The van der Waals surface area contributed by atoms with Gasteiger partial charge in [0.1, 0.15) is 11.4 Å². The summed E-state index contributed by atoms with van der Waals surface area (Å²) in [6.45, 7) is 3.40. The van der Waals surface area contributed by atoms with Gasteiger partial charge in [-0.15, -0.1) is 0 Å². The Balaban J connectivity index is 2.79. The SMILES string of the molecule is CC(C)(Nc1ccc(N)nc1)C(N)=O. The smallest absolute Gasteiger partial charge is 0.242 e. The van der Waals surface area contributed by atoms with Crippen LogP contribution in [0.3, 0.4) is 0 Å². The molecule has 14 heavy (non-hydrogen) atoms. The maximum Gasteiger partial charge on any atom is 0.242 e. The van der Waals surface area contributed by atoms with Gasteiger partial charge in [0, 0.05) is 0 Å². The zero-order valence-electron chi connectivity index (χ0n) is 8.24. The lowest BCUT2D eigenvalue weighted by Crippen LogP contribution is -2.45. The number of hydrogen-bond donors (Lipinski definition) is 3. The molecule has 5 N–H and O–H groups in total. The van der Waals surface area contributed by atoms with Crippen LogP contribution in [-0.2, 0) is 4.79 Å². The van der Waals surface area contributed by atoms with Crippen LogP contribution in [0.5, 0.6) is 0 Å². The molecule has 0 aliphatic rings. The summed E-state index contributed by atoms with van der Waals surface area (Å²) < 4.78 is 0. The van der Waals surface area contributed by atoms with Crippen molar-refractivity contribution in [3.05, 3.63) is 18.3 Å². The van der Waals surface area contributed by atoms with Crippen molar-refractivity contribution in [1.29, 1.82) is 0 Å². The third-order valence-electron chi connectivity index (χ3n) is 1.86. The molecule has 0 fully saturated rings. The second-order valence-electron chi connectivity index (χ2n) is 3.59. The molecule has 1 amide bonds. The fourth-order valence-electron chi connectivity index (χ4n) is 0.902. The number of hydrogen-bond acceptors (Lipinski definition) is 4. The van der Waals surface area contributed by atoms with E-state index >= 15 is 0 Å². The number of carbonyl (C=O) groups is 1. The minimum atomic E-state index is -0.794. The molecule has 0 spiro atoms. The van der Waals surface area contributed by atoms with Gasteiger partial charge in [0.25, 0.3) is 0 Å². The first-order valence-corrected chi connectivity index (χ1v) is 4.21. The third-order valence-corrected chi connectivity index (χ3v) is 1.86. The van der Waals surface area contributed by atoms with E-state index in [0.29, 0.717) is 11.5 Å². The summed E-state index contributed by atoms with van der Waals surface area (Å²) in [6.07, 6.45) is 1.56. The molecule has 0 aliphatic carbocycles. The van der Waals surface area contributed by atoms with Crippen LogP contribution >= 0.6 is 0 Å². The van der Waals surface area contributed by atoms with Crippen LogP contribution in [-0.4, -0.2) is 16.4 Å². The zero-order valence-corrected chi connectivity index (χ0v) is 8.24. The molecule has 0 atom stereocenters.